The summed E-state index contributed by atoms with van der Waals surface area (Å²) >= 11 is 0. The third-order valence-electron chi connectivity index (χ3n) is 7.09. The van der Waals surface area contributed by atoms with Gasteiger partial charge in [0.15, 0.2) is 0 Å². The second-order valence-electron chi connectivity index (χ2n) is 10.2. The molecule has 2 fully saturated rings. The number of carbonyl (C=O) groups excluding carboxylic acids is 1. The first-order chi connectivity index (χ1) is 16.6. The van der Waals surface area contributed by atoms with Gasteiger partial charge in [-0.05, 0) is 39.5 Å². The molecule has 2 saturated heterocycles. The summed E-state index contributed by atoms with van der Waals surface area (Å²) in [4.78, 5) is 22.5. The van der Waals surface area contributed by atoms with Crippen molar-refractivity contribution in [2.24, 2.45) is 11.8 Å². The van der Waals surface area contributed by atoms with Crippen LogP contribution < -0.4 is 0 Å². The molecule has 0 amide bonds. The molecule has 0 aromatic carbocycles. The number of aliphatic hydroxyl groups is 3. The third-order valence-corrected chi connectivity index (χ3v) is 7.09. The normalized spacial score (nSPS) is 30.5. The molecule has 0 bridgehead atoms. The number of ether oxygens (including phenoxy) is 3. The van der Waals surface area contributed by atoms with Crippen LogP contribution in [0.3, 0.4) is 0 Å². The number of carboxylic acid groups (broad SMARTS) is 1. The summed E-state index contributed by atoms with van der Waals surface area (Å²) in [6.45, 7) is 6.07. The Balaban J connectivity index is 1.62. The predicted octanol–water partition coefficient (Wildman–Crippen LogP) is 2.59. The highest BCUT2D eigenvalue weighted by atomic mass is 16.6. The molecule has 9 nitrogen and oxygen atoms in total. The summed E-state index contributed by atoms with van der Waals surface area (Å²) in [5.41, 5.74) is 0.708. The van der Waals surface area contributed by atoms with Gasteiger partial charge in [-0.1, -0.05) is 38.2 Å². The highest BCUT2D eigenvalue weighted by Crippen LogP contribution is 2.38. The van der Waals surface area contributed by atoms with E-state index in [0.29, 0.717) is 38.0 Å². The van der Waals surface area contributed by atoms with E-state index >= 15 is 0 Å². The fourth-order valence-corrected chi connectivity index (χ4v) is 4.59. The van der Waals surface area contributed by atoms with Gasteiger partial charge >= 0.3 is 11.9 Å². The van der Waals surface area contributed by atoms with Crippen molar-refractivity contribution in [1.82, 2.24) is 0 Å². The summed E-state index contributed by atoms with van der Waals surface area (Å²) in [5.74, 6) is -1.42. The van der Waals surface area contributed by atoms with Crippen molar-refractivity contribution >= 4 is 11.9 Å². The summed E-state index contributed by atoms with van der Waals surface area (Å²) in [5, 5.41) is 39.5. The molecule has 0 aromatic rings. The van der Waals surface area contributed by atoms with Crippen molar-refractivity contribution in [2.75, 3.05) is 13.2 Å². The summed E-state index contributed by atoms with van der Waals surface area (Å²) in [7, 11) is 0. The molecule has 4 N–H and O–H groups in total. The lowest BCUT2D eigenvalue weighted by atomic mass is 9.85. The summed E-state index contributed by atoms with van der Waals surface area (Å²) < 4.78 is 16.7. The Labute approximate surface area is 208 Å². The third kappa shape index (κ3) is 10.6. The summed E-state index contributed by atoms with van der Waals surface area (Å²) in [6, 6.07) is 0. The Hall–Kier alpha value is -1.52. The zero-order chi connectivity index (χ0) is 26.0. The number of carbonyl (C=O) groups is 2. The zero-order valence-corrected chi connectivity index (χ0v) is 21.3. The van der Waals surface area contributed by atoms with E-state index in [1.165, 1.54) is 6.08 Å². The van der Waals surface area contributed by atoms with E-state index in [4.69, 9.17) is 19.3 Å². The van der Waals surface area contributed by atoms with Crippen molar-refractivity contribution in [1.29, 1.82) is 0 Å². The largest absolute Gasteiger partial charge is 0.481 e. The van der Waals surface area contributed by atoms with Crippen LogP contribution in [-0.2, 0) is 23.8 Å². The first kappa shape index (κ1) is 29.7. The number of hydrogen-bond donors (Lipinski definition) is 4. The molecule has 0 aromatic heterocycles. The van der Waals surface area contributed by atoms with Crippen LogP contribution in [0, 0.1) is 11.8 Å². The van der Waals surface area contributed by atoms with Crippen LogP contribution in [0.15, 0.2) is 11.6 Å². The second kappa shape index (κ2) is 14.9. The average molecular weight is 501 g/mol. The Morgan fingerprint density at radius 1 is 1.03 bits per heavy atom. The minimum Gasteiger partial charge on any atom is -0.481 e. The fourth-order valence-electron chi connectivity index (χ4n) is 4.59. The number of epoxide rings is 1. The topological polar surface area (TPSA) is 146 Å². The first-order valence-corrected chi connectivity index (χ1v) is 13.0. The number of carboxylic acids is 1. The van der Waals surface area contributed by atoms with Gasteiger partial charge in [-0.3, -0.25) is 4.79 Å². The smallest absolute Gasteiger partial charge is 0.330 e. The molecule has 0 saturated carbocycles. The van der Waals surface area contributed by atoms with Gasteiger partial charge in [0.1, 0.15) is 6.10 Å². The maximum Gasteiger partial charge on any atom is 0.330 e. The van der Waals surface area contributed by atoms with E-state index in [-0.39, 0.29) is 30.5 Å². The van der Waals surface area contributed by atoms with Gasteiger partial charge in [-0.25, -0.2) is 4.79 Å². The SMILES string of the molecule is C/C(=C\C(=O)OCCCCCCCCC(=O)O)C[C@H]1OC[C@@H](C[C@@H]2O[C@@H]2[C@H](C)[C@@H](C)O)[C@@H](O)[C@H]1O. The molecule has 0 radical (unpaired) electrons. The lowest BCUT2D eigenvalue weighted by Gasteiger charge is -2.38. The molecule has 0 aliphatic carbocycles. The number of aliphatic hydroxyl groups excluding tert-OH is 3. The van der Waals surface area contributed by atoms with Gasteiger partial charge in [0.05, 0.1) is 43.7 Å². The zero-order valence-electron chi connectivity index (χ0n) is 21.3. The van der Waals surface area contributed by atoms with Crippen molar-refractivity contribution in [2.45, 2.75) is 115 Å². The molecular formula is C26H44O9. The van der Waals surface area contributed by atoms with E-state index in [2.05, 4.69) is 0 Å². The lowest BCUT2D eigenvalue weighted by molar-refractivity contribution is -0.165. The minimum atomic E-state index is -1.06. The Morgan fingerprint density at radius 2 is 1.69 bits per heavy atom. The Morgan fingerprint density at radius 3 is 2.34 bits per heavy atom. The number of rotatable bonds is 16. The molecular weight excluding hydrogens is 456 g/mol. The molecule has 0 spiro atoms. The second-order valence-corrected chi connectivity index (χ2v) is 10.2. The van der Waals surface area contributed by atoms with Crippen molar-refractivity contribution < 1.29 is 44.2 Å². The van der Waals surface area contributed by atoms with Gasteiger partial charge in [0.25, 0.3) is 0 Å². The fraction of sp³-hybridized carbons (Fsp3) is 0.846. The molecule has 2 heterocycles. The lowest BCUT2D eigenvalue weighted by Crippen LogP contribution is -2.50. The Bertz CT molecular complexity index is 692. The van der Waals surface area contributed by atoms with Crippen molar-refractivity contribution in [3.63, 3.8) is 0 Å². The van der Waals surface area contributed by atoms with Crippen LogP contribution in [0.1, 0.15) is 78.6 Å². The first-order valence-electron chi connectivity index (χ1n) is 13.0. The summed E-state index contributed by atoms with van der Waals surface area (Å²) in [6.07, 6.45) is 4.61. The van der Waals surface area contributed by atoms with Gasteiger partial charge in [0, 0.05) is 24.3 Å². The molecule has 9 heteroatoms. The number of esters is 1. The van der Waals surface area contributed by atoms with Gasteiger partial charge in [0.2, 0.25) is 0 Å². The van der Waals surface area contributed by atoms with Gasteiger partial charge in [-0.2, -0.15) is 0 Å². The van der Waals surface area contributed by atoms with E-state index in [1.54, 1.807) is 13.8 Å². The van der Waals surface area contributed by atoms with E-state index in [1.807, 2.05) is 6.92 Å². The van der Waals surface area contributed by atoms with Crippen LogP contribution >= 0.6 is 0 Å². The maximum atomic E-state index is 12.1. The van der Waals surface area contributed by atoms with E-state index in [9.17, 15) is 24.9 Å². The molecule has 2 aliphatic rings. The maximum absolute atomic E-state index is 12.1. The molecule has 202 valence electrons. The highest BCUT2D eigenvalue weighted by Gasteiger charge is 2.48. The van der Waals surface area contributed by atoms with Crippen molar-refractivity contribution in [3.8, 4) is 0 Å². The van der Waals surface area contributed by atoms with Crippen LogP contribution in [0.25, 0.3) is 0 Å². The molecule has 2 rings (SSSR count). The van der Waals surface area contributed by atoms with Crippen molar-refractivity contribution in [3.05, 3.63) is 11.6 Å². The number of aliphatic carboxylic acids is 1. The standard InChI is InChI=1S/C26H44O9/c1-16(13-23(30)33-11-9-7-5-4-6-8-10-22(28)29)12-20-25(32)24(31)19(15-34-20)14-21-26(35-21)17(2)18(3)27/h13,17-21,24-27,31-32H,4-12,14-15H2,1-3H3,(H,28,29)/b16-13+/t17-,18-,19-,20-,21+,24-,25+,26-/m1/s1. The number of unbranched alkanes of at least 4 members (excludes halogenated alkanes) is 5. The monoisotopic (exact) mass is 500 g/mol. The quantitative estimate of drug-likeness (QED) is 0.109. The van der Waals surface area contributed by atoms with E-state index in [0.717, 1.165) is 32.1 Å². The van der Waals surface area contributed by atoms with Gasteiger partial charge in [-0.15, -0.1) is 0 Å². The van der Waals surface area contributed by atoms with Crippen LogP contribution in [0.5, 0.6) is 0 Å². The average Bonchev–Trinajstić information content (AvgIpc) is 3.55. The molecule has 2 aliphatic heterocycles. The highest BCUT2D eigenvalue weighted by molar-refractivity contribution is 5.82. The van der Waals surface area contributed by atoms with Crippen LogP contribution in [0.4, 0.5) is 0 Å². The number of hydrogen-bond acceptors (Lipinski definition) is 8. The minimum absolute atomic E-state index is 0.0160. The molecule has 0 unspecified atom stereocenters. The molecule has 35 heavy (non-hydrogen) atoms. The molecule has 8 atom stereocenters. The van der Waals surface area contributed by atoms with E-state index < -0.39 is 36.4 Å². The van der Waals surface area contributed by atoms with Crippen LogP contribution in [0.2, 0.25) is 0 Å². The van der Waals surface area contributed by atoms with Gasteiger partial charge < -0.3 is 34.6 Å². The van der Waals surface area contributed by atoms with Crippen LogP contribution in [-0.4, -0.2) is 82.2 Å². The predicted molar refractivity (Wildman–Crippen MR) is 129 cm³/mol. The Kier molecular flexibility index (Phi) is 12.6.